The molecule has 0 atom stereocenters. The zero-order valence-electron chi connectivity index (χ0n) is 14.5. The third-order valence-electron chi connectivity index (χ3n) is 4.43. The first-order valence-corrected chi connectivity index (χ1v) is 8.97. The summed E-state index contributed by atoms with van der Waals surface area (Å²) in [5, 5.41) is 0. The number of ether oxygens (including phenoxy) is 2. The van der Waals surface area contributed by atoms with E-state index in [1.54, 1.807) is 12.1 Å². The van der Waals surface area contributed by atoms with Crippen LogP contribution in [0.5, 0.6) is 5.75 Å². The highest BCUT2D eigenvalue weighted by molar-refractivity contribution is 5.89. The van der Waals surface area contributed by atoms with Crippen LogP contribution in [0.2, 0.25) is 0 Å². The Hall–Kier alpha value is -2.33. The maximum Gasteiger partial charge on any atom is 0.338 e. The number of benzene rings is 2. The quantitative estimate of drug-likeness (QED) is 0.717. The van der Waals surface area contributed by atoms with Crippen molar-refractivity contribution in [3.05, 3.63) is 65.7 Å². The molecule has 1 saturated heterocycles. The van der Waals surface area contributed by atoms with Crippen LogP contribution < -0.4 is 4.74 Å². The standard InChI is InChI=1S/C21H25NO3/c23-21(25-17-18-7-3-1-4-8-18)19-9-11-20(12-10-19)24-16-15-22-13-5-2-6-14-22/h1,3-4,7-12H,2,5-6,13-17H2. The van der Waals surface area contributed by atoms with Crippen molar-refractivity contribution >= 4 is 5.97 Å². The van der Waals surface area contributed by atoms with E-state index in [0.29, 0.717) is 12.2 Å². The minimum atomic E-state index is -0.316. The Kier molecular flexibility index (Phi) is 6.46. The van der Waals surface area contributed by atoms with E-state index < -0.39 is 0 Å². The molecule has 4 heteroatoms. The molecule has 0 spiro atoms. The van der Waals surface area contributed by atoms with Crippen molar-refractivity contribution < 1.29 is 14.3 Å². The first-order chi connectivity index (χ1) is 12.3. The summed E-state index contributed by atoms with van der Waals surface area (Å²) < 4.78 is 11.1. The maximum absolute atomic E-state index is 12.1. The second-order valence-electron chi connectivity index (χ2n) is 6.34. The number of rotatable bonds is 7. The van der Waals surface area contributed by atoms with Crippen LogP contribution in [0.15, 0.2) is 54.6 Å². The Morgan fingerprint density at radius 3 is 2.36 bits per heavy atom. The van der Waals surface area contributed by atoms with Crippen molar-refractivity contribution in [3.8, 4) is 5.75 Å². The van der Waals surface area contributed by atoms with E-state index in [9.17, 15) is 4.79 Å². The lowest BCUT2D eigenvalue weighted by atomic mass is 10.1. The van der Waals surface area contributed by atoms with Crippen LogP contribution >= 0.6 is 0 Å². The fourth-order valence-corrected chi connectivity index (χ4v) is 2.97. The zero-order valence-corrected chi connectivity index (χ0v) is 14.5. The minimum absolute atomic E-state index is 0.285. The summed E-state index contributed by atoms with van der Waals surface area (Å²) in [7, 11) is 0. The summed E-state index contributed by atoms with van der Waals surface area (Å²) in [4.78, 5) is 14.5. The van der Waals surface area contributed by atoms with Crippen LogP contribution in [0.25, 0.3) is 0 Å². The van der Waals surface area contributed by atoms with Crippen LogP contribution in [0.3, 0.4) is 0 Å². The van der Waals surface area contributed by atoms with E-state index in [0.717, 1.165) is 17.9 Å². The SMILES string of the molecule is O=C(OCc1ccccc1)c1ccc(OCCN2CCCCC2)cc1. The molecule has 0 aromatic heterocycles. The third-order valence-corrected chi connectivity index (χ3v) is 4.43. The van der Waals surface area contributed by atoms with Crippen LogP contribution in [-0.2, 0) is 11.3 Å². The summed E-state index contributed by atoms with van der Waals surface area (Å²) in [5.41, 5.74) is 1.52. The predicted octanol–water partition coefficient (Wildman–Crippen LogP) is 3.91. The molecule has 3 rings (SSSR count). The van der Waals surface area contributed by atoms with Gasteiger partial charge in [-0.05, 0) is 55.8 Å². The molecular formula is C21H25NO3. The van der Waals surface area contributed by atoms with Gasteiger partial charge >= 0.3 is 5.97 Å². The smallest absolute Gasteiger partial charge is 0.338 e. The molecule has 2 aromatic rings. The van der Waals surface area contributed by atoms with Gasteiger partial charge in [0.1, 0.15) is 19.0 Å². The van der Waals surface area contributed by atoms with Crippen molar-refractivity contribution in [2.75, 3.05) is 26.2 Å². The Labute approximate surface area is 149 Å². The van der Waals surface area contributed by atoms with Gasteiger partial charge in [0.25, 0.3) is 0 Å². The number of piperidine rings is 1. The van der Waals surface area contributed by atoms with Gasteiger partial charge in [0.05, 0.1) is 5.56 Å². The van der Waals surface area contributed by atoms with E-state index in [2.05, 4.69) is 4.90 Å². The summed E-state index contributed by atoms with van der Waals surface area (Å²) in [6.07, 6.45) is 3.93. The molecule has 0 bridgehead atoms. The van der Waals surface area contributed by atoms with Gasteiger partial charge in [-0.1, -0.05) is 36.8 Å². The van der Waals surface area contributed by atoms with Gasteiger partial charge in [0.15, 0.2) is 0 Å². The molecule has 0 saturated carbocycles. The number of carbonyl (C=O) groups excluding carboxylic acids is 1. The van der Waals surface area contributed by atoms with E-state index in [1.165, 1.54) is 32.4 Å². The van der Waals surface area contributed by atoms with Gasteiger partial charge in [-0.15, -0.1) is 0 Å². The molecule has 0 aliphatic carbocycles. The van der Waals surface area contributed by atoms with Crippen LogP contribution in [-0.4, -0.2) is 37.1 Å². The van der Waals surface area contributed by atoms with Gasteiger partial charge in [-0.3, -0.25) is 4.90 Å². The van der Waals surface area contributed by atoms with Crippen molar-refractivity contribution in [2.24, 2.45) is 0 Å². The minimum Gasteiger partial charge on any atom is -0.492 e. The van der Waals surface area contributed by atoms with E-state index in [1.807, 2.05) is 42.5 Å². The summed E-state index contributed by atoms with van der Waals surface area (Å²) in [6, 6.07) is 16.8. The average Bonchev–Trinajstić information content (AvgIpc) is 2.68. The monoisotopic (exact) mass is 339 g/mol. The van der Waals surface area contributed by atoms with Crippen LogP contribution in [0, 0.1) is 0 Å². The Morgan fingerprint density at radius 2 is 1.64 bits per heavy atom. The number of hydrogen-bond donors (Lipinski definition) is 0. The molecule has 0 amide bonds. The summed E-state index contributed by atoms with van der Waals surface area (Å²) in [6.45, 7) is 4.28. The molecule has 25 heavy (non-hydrogen) atoms. The normalized spacial score (nSPS) is 14.9. The topological polar surface area (TPSA) is 38.8 Å². The molecule has 1 aliphatic heterocycles. The number of nitrogens with zero attached hydrogens (tertiary/aromatic N) is 1. The highest BCUT2D eigenvalue weighted by Gasteiger charge is 2.10. The molecule has 132 valence electrons. The summed E-state index contributed by atoms with van der Waals surface area (Å²) in [5.74, 6) is 0.473. The first kappa shape index (κ1) is 17.5. The second kappa shape index (κ2) is 9.23. The highest BCUT2D eigenvalue weighted by atomic mass is 16.5. The van der Waals surface area contributed by atoms with Crippen molar-refractivity contribution in [1.82, 2.24) is 4.90 Å². The molecule has 1 aliphatic rings. The lowest BCUT2D eigenvalue weighted by Crippen LogP contribution is -2.33. The first-order valence-electron chi connectivity index (χ1n) is 8.97. The van der Waals surface area contributed by atoms with Gasteiger partial charge in [0.2, 0.25) is 0 Å². The Bertz CT molecular complexity index is 649. The molecule has 4 nitrogen and oxygen atoms in total. The summed E-state index contributed by atoms with van der Waals surface area (Å²) >= 11 is 0. The molecule has 2 aromatic carbocycles. The number of likely N-dealkylation sites (tertiary alicyclic amines) is 1. The zero-order chi connectivity index (χ0) is 17.3. The highest BCUT2D eigenvalue weighted by Crippen LogP contribution is 2.14. The van der Waals surface area contributed by atoms with Gasteiger partial charge in [-0.2, -0.15) is 0 Å². The predicted molar refractivity (Wildman–Crippen MR) is 97.8 cm³/mol. The van der Waals surface area contributed by atoms with E-state index >= 15 is 0 Å². The van der Waals surface area contributed by atoms with E-state index in [4.69, 9.17) is 9.47 Å². The number of hydrogen-bond acceptors (Lipinski definition) is 4. The fourth-order valence-electron chi connectivity index (χ4n) is 2.97. The number of carbonyl (C=O) groups is 1. The lowest BCUT2D eigenvalue weighted by Gasteiger charge is -2.26. The van der Waals surface area contributed by atoms with Crippen molar-refractivity contribution in [2.45, 2.75) is 25.9 Å². The third kappa shape index (κ3) is 5.61. The van der Waals surface area contributed by atoms with Crippen LogP contribution in [0.4, 0.5) is 0 Å². The Morgan fingerprint density at radius 1 is 0.920 bits per heavy atom. The number of esters is 1. The van der Waals surface area contributed by atoms with Crippen molar-refractivity contribution in [3.63, 3.8) is 0 Å². The average molecular weight is 339 g/mol. The Balaban J connectivity index is 1.42. The van der Waals surface area contributed by atoms with E-state index in [-0.39, 0.29) is 12.6 Å². The molecule has 0 N–H and O–H groups in total. The maximum atomic E-state index is 12.1. The van der Waals surface area contributed by atoms with Gasteiger partial charge in [0, 0.05) is 6.54 Å². The van der Waals surface area contributed by atoms with Crippen molar-refractivity contribution in [1.29, 1.82) is 0 Å². The van der Waals surface area contributed by atoms with Gasteiger partial charge in [-0.25, -0.2) is 4.79 Å². The fraction of sp³-hybridized carbons (Fsp3) is 0.381. The van der Waals surface area contributed by atoms with Crippen LogP contribution in [0.1, 0.15) is 35.2 Å². The molecule has 0 radical (unpaired) electrons. The van der Waals surface area contributed by atoms with Gasteiger partial charge < -0.3 is 9.47 Å². The molecular weight excluding hydrogens is 314 g/mol. The molecule has 0 unspecified atom stereocenters. The molecule has 1 heterocycles. The largest absolute Gasteiger partial charge is 0.492 e. The second-order valence-corrected chi connectivity index (χ2v) is 6.34. The lowest BCUT2D eigenvalue weighted by molar-refractivity contribution is 0.0472. The molecule has 1 fully saturated rings.